The van der Waals surface area contributed by atoms with E-state index in [0.717, 1.165) is 0 Å². The molecule has 12 heavy (non-hydrogen) atoms. The second kappa shape index (κ2) is 7.51. The number of rotatable bonds is 1. The molecule has 0 saturated heterocycles. The van der Waals surface area contributed by atoms with Gasteiger partial charge in [0.1, 0.15) is 0 Å². The molecule has 0 saturated carbocycles. The molecule has 0 atom stereocenters. The molecule has 0 aliphatic rings. The summed E-state index contributed by atoms with van der Waals surface area (Å²) in [5, 5.41) is 0. The fourth-order valence-corrected chi connectivity index (χ4v) is 0.537. The zero-order chi connectivity index (χ0) is 10.2. The molecule has 0 unspecified atom stereocenters. The van der Waals surface area contributed by atoms with Crippen molar-refractivity contribution < 1.29 is 0 Å². The van der Waals surface area contributed by atoms with Crippen LogP contribution in [-0.2, 0) is 0 Å². The fourth-order valence-electron chi connectivity index (χ4n) is 0.103. The summed E-state index contributed by atoms with van der Waals surface area (Å²) in [6, 6.07) is 0. The average Bonchev–Trinajstić information content (AvgIpc) is 1.87. The number of hydrogen-bond acceptors (Lipinski definition) is 3. The van der Waals surface area contributed by atoms with Gasteiger partial charge >= 0.3 is 41.7 Å². The van der Waals surface area contributed by atoms with Crippen LogP contribution in [0.1, 0.15) is 20.8 Å². The Bertz CT molecular complexity index is 145. The molecule has 0 spiro atoms. The van der Waals surface area contributed by atoms with E-state index in [1.54, 1.807) is 0 Å². The van der Waals surface area contributed by atoms with Gasteiger partial charge in [-0.05, 0) is 20.8 Å². The third-order valence-electron chi connectivity index (χ3n) is 0.716. The molecule has 0 fully saturated rings. The standard InChI is InChI=1S/C4H12N2.2CH3.Ga.N3/c1-4(2,3)6-5;;;;1-3-2/h6H,5H2,1-3H3;2*1H3;;/q;;;+1;-1. The molecule has 0 bridgehead atoms. The van der Waals surface area contributed by atoms with Gasteiger partial charge in [-0.2, -0.15) is 0 Å². The molecule has 0 aliphatic carbocycles. The van der Waals surface area contributed by atoms with Crippen LogP contribution in [-0.4, -0.2) is 22.0 Å². The number of azide groups is 1. The first-order valence-corrected chi connectivity index (χ1v) is 9.78. The van der Waals surface area contributed by atoms with Crippen molar-refractivity contribution in [3.05, 3.63) is 10.4 Å². The summed E-state index contributed by atoms with van der Waals surface area (Å²) >= 11 is -1.34. The van der Waals surface area contributed by atoms with Gasteiger partial charge in [-0.3, -0.25) is 11.3 Å². The molecule has 0 rings (SSSR count). The summed E-state index contributed by atoms with van der Waals surface area (Å²) < 4.78 is 3.49. The van der Waals surface area contributed by atoms with E-state index in [1.165, 1.54) is 0 Å². The Kier molecular flexibility index (Phi) is 9.01. The Balaban J connectivity index is 0. The Labute approximate surface area is 79.6 Å². The summed E-state index contributed by atoms with van der Waals surface area (Å²) in [5.74, 6) is 5.06. The molecule has 0 heterocycles. The second-order valence-electron chi connectivity index (χ2n) is 3.69. The predicted octanol–water partition coefficient (Wildman–Crippen LogP) is 1.80. The van der Waals surface area contributed by atoms with Gasteiger partial charge in [-0.15, -0.1) is 0 Å². The van der Waals surface area contributed by atoms with Crippen LogP contribution in [0.3, 0.4) is 0 Å². The minimum atomic E-state index is -1.34. The first-order chi connectivity index (χ1) is 5.33. The minimum absolute atomic E-state index is 0.0694. The van der Waals surface area contributed by atoms with Gasteiger partial charge in [0.15, 0.2) is 0 Å². The molecule has 0 radical (unpaired) electrons. The third kappa shape index (κ3) is 22.5. The third-order valence-corrected chi connectivity index (χ3v) is 1.90. The Morgan fingerprint density at radius 2 is 1.75 bits per heavy atom. The zero-order valence-electron chi connectivity index (χ0n) is 8.50. The van der Waals surface area contributed by atoms with Crippen molar-refractivity contribution in [2.24, 2.45) is 9.66 Å². The normalized spacial score (nSPS) is 9.17. The van der Waals surface area contributed by atoms with E-state index in [0.29, 0.717) is 0 Å². The predicted molar refractivity (Wildman–Crippen MR) is 53.7 cm³/mol. The van der Waals surface area contributed by atoms with Crippen molar-refractivity contribution in [1.82, 2.24) is 5.43 Å². The van der Waals surface area contributed by atoms with Crippen LogP contribution in [0.15, 0.2) is 3.82 Å². The molecule has 70 valence electrons. The molecule has 0 aromatic carbocycles. The van der Waals surface area contributed by atoms with Crippen molar-refractivity contribution >= 4 is 16.5 Å². The molecule has 6 heteroatoms. The molecule has 0 aromatic heterocycles. The second-order valence-corrected chi connectivity index (χ2v) is 8.77. The van der Waals surface area contributed by atoms with E-state index in [2.05, 4.69) is 14.2 Å². The van der Waals surface area contributed by atoms with E-state index in [-0.39, 0.29) is 5.54 Å². The van der Waals surface area contributed by atoms with Crippen molar-refractivity contribution in [2.45, 2.75) is 37.3 Å². The molecule has 3 N–H and O–H groups in total. The van der Waals surface area contributed by atoms with Crippen LogP contribution in [0.4, 0.5) is 0 Å². The van der Waals surface area contributed by atoms with E-state index < -0.39 is 16.5 Å². The Hall–Kier alpha value is -0.134. The van der Waals surface area contributed by atoms with Gasteiger partial charge in [0.25, 0.3) is 0 Å². The first kappa shape index (κ1) is 14.4. The van der Waals surface area contributed by atoms with Crippen LogP contribution in [0.5, 0.6) is 0 Å². The first-order valence-electron chi connectivity index (χ1n) is 3.85. The monoisotopic (exact) mass is 229 g/mol. The van der Waals surface area contributed by atoms with E-state index in [1.807, 2.05) is 31.7 Å². The number of nitrogens with two attached hydrogens (primary N) is 1. The maximum atomic E-state index is 7.74. The van der Waals surface area contributed by atoms with Crippen LogP contribution in [0.25, 0.3) is 10.4 Å². The summed E-state index contributed by atoms with van der Waals surface area (Å²) in [7, 11) is 0. The van der Waals surface area contributed by atoms with E-state index >= 15 is 0 Å². The van der Waals surface area contributed by atoms with Gasteiger partial charge in [-0.1, -0.05) is 0 Å². The van der Waals surface area contributed by atoms with E-state index in [9.17, 15) is 0 Å². The van der Waals surface area contributed by atoms with Gasteiger partial charge in [0.05, 0.1) is 0 Å². The summed E-state index contributed by atoms with van der Waals surface area (Å²) in [6.07, 6.45) is 0. The van der Waals surface area contributed by atoms with Crippen molar-refractivity contribution in [2.75, 3.05) is 0 Å². The Morgan fingerprint density at radius 1 is 1.42 bits per heavy atom. The van der Waals surface area contributed by atoms with Crippen molar-refractivity contribution in [3.8, 4) is 0 Å². The van der Waals surface area contributed by atoms with Crippen LogP contribution < -0.4 is 11.3 Å². The number of hydrazine groups is 1. The SMILES string of the molecule is CC(C)(C)NN.[CH3][Ga]([CH3])[N]=[N+]=[N-]. The number of hydrogen-bond donors (Lipinski definition) is 2. The summed E-state index contributed by atoms with van der Waals surface area (Å²) in [6.45, 7) is 6.02. The number of nitrogens with one attached hydrogen (secondary N) is 1. The van der Waals surface area contributed by atoms with Gasteiger partial charge < -0.3 is 0 Å². The van der Waals surface area contributed by atoms with Crippen molar-refractivity contribution in [1.29, 1.82) is 0 Å². The molecule has 0 amide bonds. The summed E-state index contributed by atoms with van der Waals surface area (Å²) in [4.78, 5) is 2.64. The van der Waals surface area contributed by atoms with Gasteiger partial charge in [-0.25, -0.2) is 0 Å². The molecule has 0 aromatic rings. The fraction of sp³-hybridized carbons (Fsp3) is 1.00. The molecule has 5 nitrogen and oxygen atoms in total. The zero-order valence-corrected chi connectivity index (χ0v) is 10.9. The van der Waals surface area contributed by atoms with Crippen molar-refractivity contribution in [3.63, 3.8) is 0 Å². The van der Waals surface area contributed by atoms with Gasteiger partial charge in [0.2, 0.25) is 0 Å². The number of nitrogens with zero attached hydrogens (tertiary/aromatic N) is 3. The van der Waals surface area contributed by atoms with E-state index in [4.69, 9.17) is 11.4 Å². The molecular formula is C6H18GaN5. The Morgan fingerprint density at radius 3 is 1.75 bits per heavy atom. The average molecular weight is 230 g/mol. The molecule has 0 aliphatic heterocycles. The van der Waals surface area contributed by atoms with Crippen LogP contribution in [0, 0.1) is 0 Å². The quantitative estimate of drug-likeness (QED) is 0.179. The maximum absolute atomic E-state index is 7.74. The van der Waals surface area contributed by atoms with Gasteiger partial charge in [0, 0.05) is 5.54 Å². The molecular weight excluding hydrogens is 212 g/mol. The topological polar surface area (TPSA) is 86.8 Å². The van der Waals surface area contributed by atoms with Crippen LogP contribution in [0.2, 0.25) is 11.0 Å². The van der Waals surface area contributed by atoms with Crippen LogP contribution >= 0.6 is 0 Å². The summed E-state index contributed by atoms with van der Waals surface area (Å²) in [5.41, 5.74) is 14.5.